The lowest BCUT2D eigenvalue weighted by Crippen LogP contribution is -2.43. The smallest absolute Gasteiger partial charge is 0.0897 e. The van der Waals surface area contributed by atoms with Crippen LogP contribution in [0.5, 0.6) is 0 Å². The van der Waals surface area contributed by atoms with Crippen molar-refractivity contribution in [3.05, 3.63) is 35.9 Å². The second kappa shape index (κ2) is 8.52. The van der Waals surface area contributed by atoms with E-state index in [0.29, 0.717) is 31.7 Å². The van der Waals surface area contributed by atoms with E-state index in [1.54, 1.807) is 0 Å². The third-order valence-electron chi connectivity index (χ3n) is 4.47. The van der Waals surface area contributed by atoms with Crippen LogP contribution in [0.1, 0.15) is 38.7 Å². The average molecular weight is 291 g/mol. The number of ether oxygens (including phenoxy) is 1. The van der Waals surface area contributed by atoms with Crippen LogP contribution in [0.2, 0.25) is 0 Å². The van der Waals surface area contributed by atoms with E-state index in [0.717, 1.165) is 11.5 Å². The summed E-state index contributed by atoms with van der Waals surface area (Å²) in [7, 11) is 0. The predicted octanol–water partition coefficient (Wildman–Crippen LogP) is 2.98. The predicted molar refractivity (Wildman–Crippen MR) is 86.1 cm³/mol. The Balaban J connectivity index is 1.60. The zero-order valence-electron chi connectivity index (χ0n) is 13.3. The molecule has 0 amide bonds. The Labute approximate surface area is 128 Å². The third-order valence-corrected chi connectivity index (χ3v) is 4.47. The fourth-order valence-corrected chi connectivity index (χ4v) is 3.20. The van der Waals surface area contributed by atoms with Gasteiger partial charge < -0.3 is 15.2 Å². The minimum Gasteiger partial charge on any atom is -0.389 e. The number of aliphatic hydroxyl groups is 1. The van der Waals surface area contributed by atoms with Crippen molar-refractivity contribution >= 4 is 0 Å². The first-order valence-corrected chi connectivity index (χ1v) is 8.18. The van der Waals surface area contributed by atoms with Gasteiger partial charge in [0.2, 0.25) is 0 Å². The molecule has 1 saturated carbocycles. The number of hydrogen-bond acceptors (Lipinski definition) is 3. The van der Waals surface area contributed by atoms with E-state index >= 15 is 0 Å². The monoisotopic (exact) mass is 291 g/mol. The standard InChI is InChI=1S/C18H29NO2/c1-14-8-9-18(15(2)10-14)19-11-17(20)13-21-12-16-6-4-3-5-7-16/h3-7,14-15,17-20H,8-13H2,1-2H3. The fourth-order valence-electron chi connectivity index (χ4n) is 3.20. The minimum absolute atomic E-state index is 0.388. The van der Waals surface area contributed by atoms with Crippen LogP contribution in [0.15, 0.2) is 30.3 Å². The summed E-state index contributed by atoms with van der Waals surface area (Å²) in [6, 6.07) is 10.6. The van der Waals surface area contributed by atoms with E-state index in [2.05, 4.69) is 19.2 Å². The van der Waals surface area contributed by atoms with E-state index in [4.69, 9.17) is 4.74 Å². The summed E-state index contributed by atoms with van der Waals surface area (Å²) in [5, 5.41) is 13.5. The molecule has 0 heterocycles. The average Bonchev–Trinajstić information content (AvgIpc) is 2.47. The summed E-state index contributed by atoms with van der Waals surface area (Å²) in [6.45, 7) is 6.22. The highest BCUT2D eigenvalue weighted by Gasteiger charge is 2.25. The maximum absolute atomic E-state index is 10.0. The molecule has 118 valence electrons. The maximum atomic E-state index is 10.0. The Bertz CT molecular complexity index is 395. The van der Waals surface area contributed by atoms with Gasteiger partial charge in [0.05, 0.1) is 19.3 Å². The van der Waals surface area contributed by atoms with Gasteiger partial charge in [0.15, 0.2) is 0 Å². The van der Waals surface area contributed by atoms with Gasteiger partial charge in [-0.15, -0.1) is 0 Å². The zero-order chi connectivity index (χ0) is 15.1. The Morgan fingerprint density at radius 2 is 2.00 bits per heavy atom. The number of aliphatic hydroxyl groups excluding tert-OH is 1. The molecule has 0 radical (unpaired) electrons. The highest BCUT2D eigenvalue weighted by atomic mass is 16.5. The lowest BCUT2D eigenvalue weighted by molar-refractivity contribution is 0.0255. The highest BCUT2D eigenvalue weighted by molar-refractivity contribution is 5.13. The summed E-state index contributed by atoms with van der Waals surface area (Å²) in [6.07, 6.45) is 3.38. The molecule has 0 spiro atoms. The topological polar surface area (TPSA) is 41.5 Å². The largest absolute Gasteiger partial charge is 0.389 e. The van der Waals surface area contributed by atoms with E-state index in [1.807, 2.05) is 30.3 Å². The molecule has 1 aliphatic carbocycles. The van der Waals surface area contributed by atoms with Crippen LogP contribution >= 0.6 is 0 Å². The van der Waals surface area contributed by atoms with Gasteiger partial charge in [0.25, 0.3) is 0 Å². The summed E-state index contributed by atoms with van der Waals surface area (Å²) in [5.74, 6) is 1.54. The molecule has 4 unspecified atom stereocenters. The minimum atomic E-state index is -0.430. The molecular formula is C18H29NO2. The lowest BCUT2D eigenvalue weighted by atomic mass is 9.80. The van der Waals surface area contributed by atoms with E-state index in [9.17, 15) is 5.11 Å². The first-order chi connectivity index (χ1) is 10.1. The Hall–Kier alpha value is -0.900. The highest BCUT2D eigenvalue weighted by Crippen LogP contribution is 2.28. The molecule has 0 saturated heterocycles. The van der Waals surface area contributed by atoms with Gasteiger partial charge in [-0.05, 0) is 36.7 Å². The Morgan fingerprint density at radius 3 is 2.71 bits per heavy atom. The van der Waals surface area contributed by atoms with Crippen LogP contribution in [-0.2, 0) is 11.3 Å². The summed E-state index contributed by atoms with van der Waals surface area (Å²) < 4.78 is 5.58. The van der Waals surface area contributed by atoms with Crippen LogP contribution < -0.4 is 5.32 Å². The molecular weight excluding hydrogens is 262 g/mol. The molecule has 3 heteroatoms. The molecule has 1 aliphatic rings. The van der Waals surface area contributed by atoms with Crippen molar-refractivity contribution in [2.75, 3.05) is 13.2 Å². The van der Waals surface area contributed by atoms with Gasteiger partial charge in [-0.3, -0.25) is 0 Å². The molecule has 1 fully saturated rings. The lowest BCUT2D eigenvalue weighted by Gasteiger charge is -2.33. The molecule has 2 rings (SSSR count). The maximum Gasteiger partial charge on any atom is 0.0897 e. The van der Waals surface area contributed by atoms with Crippen molar-refractivity contribution < 1.29 is 9.84 Å². The van der Waals surface area contributed by atoms with Crippen LogP contribution in [-0.4, -0.2) is 30.4 Å². The van der Waals surface area contributed by atoms with E-state index < -0.39 is 6.10 Å². The van der Waals surface area contributed by atoms with Crippen molar-refractivity contribution in [3.63, 3.8) is 0 Å². The molecule has 1 aromatic carbocycles. The quantitative estimate of drug-likeness (QED) is 0.811. The van der Waals surface area contributed by atoms with Crippen LogP contribution in [0.4, 0.5) is 0 Å². The molecule has 2 N–H and O–H groups in total. The molecule has 3 nitrogen and oxygen atoms in total. The third kappa shape index (κ3) is 5.77. The molecule has 0 bridgehead atoms. The van der Waals surface area contributed by atoms with Crippen LogP contribution in [0.3, 0.4) is 0 Å². The van der Waals surface area contributed by atoms with Gasteiger partial charge in [-0.25, -0.2) is 0 Å². The van der Waals surface area contributed by atoms with Crippen LogP contribution in [0.25, 0.3) is 0 Å². The van der Waals surface area contributed by atoms with Crippen molar-refractivity contribution in [1.82, 2.24) is 5.32 Å². The number of benzene rings is 1. The molecule has 4 atom stereocenters. The SMILES string of the molecule is CC1CCC(NCC(O)COCc2ccccc2)C(C)C1. The fraction of sp³-hybridized carbons (Fsp3) is 0.667. The van der Waals surface area contributed by atoms with Gasteiger partial charge in [0, 0.05) is 12.6 Å². The van der Waals surface area contributed by atoms with Gasteiger partial charge in [0.1, 0.15) is 0 Å². The second-order valence-corrected chi connectivity index (χ2v) is 6.56. The van der Waals surface area contributed by atoms with Gasteiger partial charge in [-0.2, -0.15) is 0 Å². The summed E-state index contributed by atoms with van der Waals surface area (Å²) >= 11 is 0. The van der Waals surface area contributed by atoms with Gasteiger partial charge in [-0.1, -0.05) is 44.2 Å². The van der Waals surface area contributed by atoms with Crippen molar-refractivity contribution in [1.29, 1.82) is 0 Å². The molecule has 0 aromatic heterocycles. The van der Waals surface area contributed by atoms with E-state index in [1.165, 1.54) is 19.3 Å². The van der Waals surface area contributed by atoms with Crippen molar-refractivity contribution in [2.24, 2.45) is 11.8 Å². The van der Waals surface area contributed by atoms with Crippen molar-refractivity contribution in [3.8, 4) is 0 Å². The van der Waals surface area contributed by atoms with E-state index in [-0.39, 0.29) is 0 Å². The molecule has 21 heavy (non-hydrogen) atoms. The summed E-state index contributed by atoms with van der Waals surface area (Å²) in [5.41, 5.74) is 1.15. The molecule has 0 aliphatic heterocycles. The zero-order valence-corrected chi connectivity index (χ0v) is 13.3. The first-order valence-electron chi connectivity index (χ1n) is 8.18. The summed E-state index contributed by atoms with van der Waals surface area (Å²) in [4.78, 5) is 0. The number of nitrogens with one attached hydrogen (secondary N) is 1. The normalized spacial score (nSPS) is 27.5. The first kappa shape index (κ1) is 16.5. The molecule has 1 aromatic rings. The van der Waals surface area contributed by atoms with Crippen LogP contribution in [0, 0.1) is 11.8 Å². The Morgan fingerprint density at radius 1 is 1.24 bits per heavy atom. The second-order valence-electron chi connectivity index (χ2n) is 6.56. The Kier molecular flexibility index (Phi) is 6.68. The van der Waals surface area contributed by atoms with Crippen molar-refractivity contribution in [2.45, 2.75) is 51.9 Å². The number of hydrogen-bond donors (Lipinski definition) is 2. The number of rotatable bonds is 7. The van der Waals surface area contributed by atoms with Gasteiger partial charge >= 0.3 is 0 Å².